The first-order valence-corrected chi connectivity index (χ1v) is 6.31. The maximum absolute atomic E-state index is 12.9. The Morgan fingerprint density at radius 3 is 1.88 bits per heavy atom. The minimum absolute atomic E-state index is 0.136. The first-order valence-electron chi connectivity index (χ1n) is 6.31. The molecule has 24 heavy (non-hydrogen) atoms. The van der Waals surface area contributed by atoms with Crippen molar-refractivity contribution in [3.05, 3.63) is 39.4 Å². The second kappa shape index (κ2) is 5.95. The molecule has 0 aromatic heterocycles. The molecule has 0 fully saturated rings. The van der Waals surface area contributed by atoms with Gasteiger partial charge in [0.2, 0.25) is 0 Å². The van der Waals surface area contributed by atoms with Gasteiger partial charge in [-0.1, -0.05) is 0 Å². The molecule has 0 saturated heterocycles. The van der Waals surface area contributed by atoms with E-state index in [2.05, 4.69) is 0 Å². The summed E-state index contributed by atoms with van der Waals surface area (Å²) in [7, 11) is 0.941. The Labute approximate surface area is 132 Å². The van der Waals surface area contributed by atoms with Crippen LogP contribution in [-0.4, -0.2) is 23.4 Å². The molecule has 1 rings (SSSR count). The van der Waals surface area contributed by atoms with E-state index in [0.717, 1.165) is 20.9 Å². The van der Waals surface area contributed by atoms with Gasteiger partial charge < -0.3 is 4.90 Å². The molecule has 134 valence electrons. The van der Waals surface area contributed by atoms with Crippen molar-refractivity contribution in [1.82, 2.24) is 0 Å². The highest BCUT2D eigenvalue weighted by Crippen LogP contribution is 2.41. The molecular formula is C13H12F6N2O3. The molecule has 0 saturated carbocycles. The zero-order valence-electron chi connectivity index (χ0n) is 12.6. The van der Waals surface area contributed by atoms with Crippen molar-refractivity contribution in [2.45, 2.75) is 31.7 Å². The normalized spacial score (nSPS) is 12.9. The van der Waals surface area contributed by atoms with Crippen LogP contribution in [0.25, 0.3) is 0 Å². The summed E-state index contributed by atoms with van der Waals surface area (Å²) < 4.78 is 76.7. The second-order valence-electron chi connectivity index (χ2n) is 5.41. The van der Waals surface area contributed by atoms with E-state index in [1.54, 1.807) is 0 Å². The van der Waals surface area contributed by atoms with E-state index >= 15 is 0 Å². The number of hydrogen-bond acceptors (Lipinski definition) is 3. The van der Waals surface area contributed by atoms with Crippen molar-refractivity contribution in [2.24, 2.45) is 0 Å². The van der Waals surface area contributed by atoms with Gasteiger partial charge in [-0.05, 0) is 18.2 Å². The number of alkyl halides is 6. The third kappa shape index (κ3) is 3.77. The molecule has 1 aromatic carbocycles. The molecule has 11 heteroatoms. The number of rotatable bonds is 3. The highest BCUT2D eigenvalue weighted by atomic mass is 19.4. The highest BCUT2D eigenvalue weighted by Gasteiger charge is 2.45. The van der Waals surface area contributed by atoms with Gasteiger partial charge in [0.1, 0.15) is 0 Å². The fraction of sp³-hybridized carbons (Fsp3) is 0.462. The third-order valence-electron chi connectivity index (χ3n) is 3.29. The number of benzene rings is 1. The summed E-state index contributed by atoms with van der Waals surface area (Å²) >= 11 is 0. The van der Waals surface area contributed by atoms with Crippen LogP contribution in [0.2, 0.25) is 0 Å². The number of anilines is 1. The van der Waals surface area contributed by atoms with E-state index in [0.29, 0.717) is 11.0 Å². The number of halogens is 6. The van der Waals surface area contributed by atoms with E-state index in [1.807, 2.05) is 0 Å². The topological polar surface area (TPSA) is 63.5 Å². The van der Waals surface area contributed by atoms with Crippen LogP contribution in [0.15, 0.2) is 18.2 Å². The summed E-state index contributed by atoms with van der Waals surface area (Å²) in [6, 6.07) is 0.962. The fourth-order valence-electron chi connectivity index (χ4n) is 1.83. The molecule has 1 amide bonds. The lowest BCUT2D eigenvalue weighted by molar-refractivity contribution is -0.542. The van der Waals surface area contributed by atoms with Crippen molar-refractivity contribution < 1.29 is 36.1 Å². The first kappa shape index (κ1) is 19.7. The SMILES string of the molecule is CN(C(=O)C(C)(C)[N+](=O)[O-])c1ccc(C(F)(F)F)c(C(F)(F)F)c1. The van der Waals surface area contributed by atoms with Crippen LogP contribution in [0, 0.1) is 10.1 Å². The Bertz CT molecular complexity index is 667. The van der Waals surface area contributed by atoms with Crippen molar-refractivity contribution >= 4 is 11.6 Å². The first-order chi connectivity index (χ1) is 10.6. The molecule has 0 aliphatic rings. The van der Waals surface area contributed by atoms with Gasteiger partial charge in [0.25, 0.3) is 5.54 Å². The van der Waals surface area contributed by atoms with Crippen LogP contribution in [0.1, 0.15) is 25.0 Å². The van der Waals surface area contributed by atoms with Gasteiger partial charge in [-0.3, -0.25) is 14.9 Å². The van der Waals surface area contributed by atoms with E-state index in [4.69, 9.17) is 0 Å². The Kier molecular flexibility index (Phi) is 4.89. The van der Waals surface area contributed by atoms with E-state index < -0.39 is 45.5 Å². The number of hydrogen-bond donors (Lipinski definition) is 0. The smallest absolute Gasteiger partial charge is 0.309 e. The maximum Gasteiger partial charge on any atom is 0.417 e. The molecule has 5 nitrogen and oxygen atoms in total. The van der Waals surface area contributed by atoms with Gasteiger partial charge in [0.15, 0.2) is 0 Å². The summed E-state index contributed by atoms with van der Waals surface area (Å²) in [4.78, 5) is 22.4. The Balaban J connectivity index is 3.43. The zero-order chi connectivity index (χ0) is 19.1. The molecule has 0 atom stereocenters. The number of amides is 1. The van der Waals surface area contributed by atoms with Crippen LogP contribution in [0.5, 0.6) is 0 Å². The van der Waals surface area contributed by atoms with Gasteiger partial charge >= 0.3 is 18.3 Å². The lowest BCUT2D eigenvalue weighted by atomic mass is 10.0. The van der Waals surface area contributed by atoms with Gasteiger partial charge in [0.05, 0.1) is 11.1 Å². The quantitative estimate of drug-likeness (QED) is 0.470. The molecule has 0 heterocycles. The standard InChI is InChI=1S/C13H12F6N2O3/c1-11(2,21(23)24)10(22)20(3)7-4-5-8(12(14,15)16)9(6-7)13(17,18)19/h4-6H,1-3H3. The molecule has 0 spiro atoms. The molecule has 0 bridgehead atoms. The van der Waals surface area contributed by atoms with Gasteiger partial charge in [-0.15, -0.1) is 0 Å². The number of carbonyl (C=O) groups is 1. The summed E-state index contributed by atoms with van der Waals surface area (Å²) in [5.74, 6) is -1.18. The molecular weight excluding hydrogens is 346 g/mol. The van der Waals surface area contributed by atoms with Crippen LogP contribution in [-0.2, 0) is 17.1 Å². The van der Waals surface area contributed by atoms with Crippen molar-refractivity contribution in [3.8, 4) is 0 Å². The highest BCUT2D eigenvalue weighted by molar-refractivity contribution is 5.98. The minimum Gasteiger partial charge on any atom is -0.309 e. The van der Waals surface area contributed by atoms with Crippen molar-refractivity contribution in [3.63, 3.8) is 0 Å². The number of likely N-dealkylation sites (N-methyl/N-ethyl adjacent to an activating group) is 1. The molecule has 0 aliphatic heterocycles. The predicted octanol–water partition coefficient (Wildman–Crippen LogP) is 3.74. The fourth-order valence-corrected chi connectivity index (χ4v) is 1.83. The molecule has 0 aliphatic carbocycles. The summed E-state index contributed by atoms with van der Waals surface area (Å²) in [5.41, 5.74) is -6.59. The number of carbonyl (C=O) groups excluding carboxylic acids is 1. The van der Waals surface area contributed by atoms with Crippen LogP contribution in [0.3, 0.4) is 0 Å². The average molecular weight is 358 g/mol. The van der Waals surface area contributed by atoms with Crippen molar-refractivity contribution in [2.75, 3.05) is 11.9 Å². The Hall–Kier alpha value is -2.33. The largest absolute Gasteiger partial charge is 0.417 e. The molecule has 0 radical (unpaired) electrons. The summed E-state index contributed by atoms with van der Waals surface area (Å²) in [6.07, 6.45) is -10.6. The summed E-state index contributed by atoms with van der Waals surface area (Å²) in [5, 5.41) is 10.8. The Morgan fingerprint density at radius 2 is 1.50 bits per heavy atom. The van der Waals surface area contributed by atoms with Crippen LogP contribution >= 0.6 is 0 Å². The lowest BCUT2D eigenvalue weighted by Crippen LogP contribution is -2.48. The van der Waals surface area contributed by atoms with Crippen LogP contribution in [0.4, 0.5) is 32.0 Å². The summed E-state index contributed by atoms with van der Waals surface area (Å²) in [6.45, 7) is 1.86. The third-order valence-corrected chi connectivity index (χ3v) is 3.29. The van der Waals surface area contributed by atoms with Gasteiger partial charge in [-0.25, -0.2) is 0 Å². The average Bonchev–Trinajstić information content (AvgIpc) is 2.42. The van der Waals surface area contributed by atoms with Crippen molar-refractivity contribution in [1.29, 1.82) is 0 Å². The monoisotopic (exact) mass is 358 g/mol. The van der Waals surface area contributed by atoms with E-state index in [1.165, 1.54) is 0 Å². The number of nitrogens with zero attached hydrogens (tertiary/aromatic N) is 2. The Morgan fingerprint density at radius 1 is 1.04 bits per heavy atom. The van der Waals surface area contributed by atoms with Gasteiger partial charge in [-0.2, -0.15) is 26.3 Å². The van der Waals surface area contributed by atoms with Crippen LogP contribution < -0.4 is 4.90 Å². The predicted molar refractivity (Wildman–Crippen MR) is 70.9 cm³/mol. The molecule has 0 unspecified atom stereocenters. The minimum atomic E-state index is -5.32. The molecule has 0 N–H and O–H groups in total. The second-order valence-corrected chi connectivity index (χ2v) is 5.41. The zero-order valence-corrected chi connectivity index (χ0v) is 12.6. The number of nitro groups is 1. The molecule has 1 aromatic rings. The van der Waals surface area contributed by atoms with Gasteiger partial charge in [0, 0.05) is 31.5 Å². The van der Waals surface area contributed by atoms with E-state index in [9.17, 15) is 41.3 Å². The maximum atomic E-state index is 12.9. The van der Waals surface area contributed by atoms with E-state index in [-0.39, 0.29) is 12.1 Å². The lowest BCUT2D eigenvalue weighted by Gasteiger charge is -2.25.